The number of hydrogen-bond donors (Lipinski definition) is 2. The number of pyridine rings is 1. The SMILES string of the molecule is Cc1cc2ccccc2nc1NCCCNS(C)(=O)=O. The summed E-state index contributed by atoms with van der Waals surface area (Å²) < 4.78 is 24.3. The Labute approximate surface area is 119 Å². The summed E-state index contributed by atoms with van der Waals surface area (Å²) in [5, 5.41) is 4.37. The van der Waals surface area contributed by atoms with Crippen LogP contribution in [0.25, 0.3) is 10.9 Å². The van der Waals surface area contributed by atoms with Crippen LogP contribution in [-0.2, 0) is 10.0 Å². The predicted molar refractivity (Wildman–Crippen MR) is 82.4 cm³/mol. The van der Waals surface area contributed by atoms with Crippen LogP contribution in [0.4, 0.5) is 5.82 Å². The fraction of sp³-hybridized carbons (Fsp3) is 0.357. The summed E-state index contributed by atoms with van der Waals surface area (Å²) in [5.74, 6) is 0.850. The Morgan fingerprint density at radius 1 is 1.20 bits per heavy atom. The van der Waals surface area contributed by atoms with Crippen LogP contribution in [0, 0.1) is 6.92 Å². The van der Waals surface area contributed by atoms with E-state index < -0.39 is 10.0 Å². The molecule has 1 aromatic heterocycles. The third-order valence-electron chi connectivity index (χ3n) is 2.92. The molecule has 1 aromatic carbocycles. The highest BCUT2D eigenvalue weighted by Crippen LogP contribution is 2.19. The maximum atomic E-state index is 10.9. The summed E-state index contributed by atoms with van der Waals surface area (Å²) in [6, 6.07) is 10.1. The molecule has 0 bridgehead atoms. The van der Waals surface area contributed by atoms with Crippen LogP contribution in [0.2, 0.25) is 0 Å². The van der Waals surface area contributed by atoms with Crippen LogP contribution in [0.15, 0.2) is 30.3 Å². The molecule has 0 amide bonds. The molecule has 0 unspecified atom stereocenters. The smallest absolute Gasteiger partial charge is 0.208 e. The first kappa shape index (κ1) is 14.7. The molecule has 0 atom stereocenters. The van der Waals surface area contributed by atoms with Crippen molar-refractivity contribution in [3.8, 4) is 0 Å². The Balaban J connectivity index is 1.94. The van der Waals surface area contributed by atoms with E-state index in [2.05, 4.69) is 21.1 Å². The molecular weight excluding hydrogens is 274 g/mol. The van der Waals surface area contributed by atoms with E-state index in [1.165, 1.54) is 0 Å². The van der Waals surface area contributed by atoms with E-state index in [0.717, 1.165) is 28.5 Å². The molecule has 0 aliphatic rings. The number of aromatic nitrogens is 1. The minimum atomic E-state index is -3.10. The van der Waals surface area contributed by atoms with E-state index in [1.54, 1.807) is 0 Å². The number of nitrogens with one attached hydrogen (secondary N) is 2. The predicted octanol–water partition coefficient (Wildman–Crippen LogP) is 1.89. The second-order valence-corrected chi connectivity index (χ2v) is 6.63. The van der Waals surface area contributed by atoms with Crippen molar-refractivity contribution >= 4 is 26.7 Å². The van der Waals surface area contributed by atoms with E-state index in [-0.39, 0.29) is 0 Å². The third-order valence-corrected chi connectivity index (χ3v) is 3.65. The molecular formula is C14H19N3O2S. The van der Waals surface area contributed by atoms with Gasteiger partial charge in [-0.3, -0.25) is 0 Å². The van der Waals surface area contributed by atoms with E-state index in [4.69, 9.17) is 0 Å². The fourth-order valence-corrected chi connectivity index (χ4v) is 2.47. The van der Waals surface area contributed by atoms with Crippen molar-refractivity contribution in [3.05, 3.63) is 35.9 Å². The van der Waals surface area contributed by atoms with Crippen LogP contribution >= 0.6 is 0 Å². The van der Waals surface area contributed by atoms with Crippen molar-refractivity contribution < 1.29 is 8.42 Å². The zero-order valence-electron chi connectivity index (χ0n) is 11.7. The van der Waals surface area contributed by atoms with Gasteiger partial charge in [0.2, 0.25) is 10.0 Å². The first-order valence-electron chi connectivity index (χ1n) is 6.50. The molecule has 2 rings (SSSR count). The molecule has 2 N–H and O–H groups in total. The summed E-state index contributed by atoms with van der Waals surface area (Å²) in [4.78, 5) is 4.57. The first-order chi connectivity index (χ1) is 9.46. The molecule has 108 valence electrons. The van der Waals surface area contributed by atoms with Crippen LogP contribution in [0.5, 0.6) is 0 Å². The lowest BCUT2D eigenvalue weighted by Crippen LogP contribution is -2.24. The quantitative estimate of drug-likeness (QED) is 0.798. The number of sulfonamides is 1. The summed E-state index contributed by atoms with van der Waals surface area (Å²) in [5.41, 5.74) is 2.04. The van der Waals surface area contributed by atoms with E-state index in [0.29, 0.717) is 19.5 Å². The average Bonchev–Trinajstić information content (AvgIpc) is 2.37. The van der Waals surface area contributed by atoms with Gasteiger partial charge in [0.15, 0.2) is 0 Å². The highest BCUT2D eigenvalue weighted by Gasteiger charge is 2.03. The van der Waals surface area contributed by atoms with Gasteiger partial charge in [-0.2, -0.15) is 0 Å². The van der Waals surface area contributed by atoms with Crippen LogP contribution in [-0.4, -0.2) is 32.7 Å². The number of para-hydroxylation sites is 1. The van der Waals surface area contributed by atoms with Gasteiger partial charge in [-0.25, -0.2) is 18.1 Å². The molecule has 0 fully saturated rings. The van der Waals surface area contributed by atoms with Gasteiger partial charge in [-0.05, 0) is 31.0 Å². The molecule has 0 spiro atoms. The number of anilines is 1. The molecule has 0 radical (unpaired) electrons. The highest BCUT2D eigenvalue weighted by atomic mass is 32.2. The van der Waals surface area contributed by atoms with Crippen LogP contribution < -0.4 is 10.0 Å². The Kier molecular flexibility index (Phi) is 4.57. The van der Waals surface area contributed by atoms with Crippen molar-refractivity contribution in [2.24, 2.45) is 0 Å². The molecule has 0 aliphatic carbocycles. The molecule has 0 saturated carbocycles. The standard InChI is InChI=1S/C14H19N3O2S/c1-11-10-12-6-3-4-7-13(12)17-14(11)15-8-5-9-16-20(2,18)19/h3-4,6-7,10,16H,5,8-9H2,1-2H3,(H,15,17). The minimum absolute atomic E-state index is 0.429. The summed E-state index contributed by atoms with van der Waals surface area (Å²) in [7, 11) is -3.10. The van der Waals surface area contributed by atoms with E-state index in [1.807, 2.05) is 31.2 Å². The Morgan fingerprint density at radius 2 is 1.95 bits per heavy atom. The van der Waals surface area contributed by atoms with Crippen LogP contribution in [0.3, 0.4) is 0 Å². The monoisotopic (exact) mass is 293 g/mol. The zero-order chi connectivity index (χ0) is 14.6. The molecule has 0 saturated heterocycles. The van der Waals surface area contributed by atoms with Crippen LogP contribution in [0.1, 0.15) is 12.0 Å². The summed E-state index contributed by atoms with van der Waals surface area (Å²) in [6.45, 7) is 3.11. The number of hydrogen-bond acceptors (Lipinski definition) is 4. The van der Waals surface area contributed by atoms with Gasteiger partial charge in [0.1, 0.15) is 5.82 Å². The zero-order valence-corrected chi connectivity index (χ0v) is 12.5. The van der Waals surface area contributed by atoms with Gasteiger partial charge < -0.3 is 5.32 Å². The lowest BCUT2D eigenvalue weighted by atomic mass is 10.1. The fourth-order valence-electron chi connectivity index (χ4n) is 1.95. The van der Waals surface area contributed by atoms with Crippen molar-refractivity contribution in [1.29, 1.82) is 0 Å². The Hall–Kier alpha value is -1.66. The number of fused-ring (bicyclic) bond motifs is 1. The van der Waals surface area contributed by atoms with E-state index in [9.17, 15) is 8.42 Å². The summed E-state index contributed by atoms with van der Waals surface area (Å²) >= 11 is 0. The van der Waals surface area contributed by atoms with Gasteiger partial charge >= 0.3 is 0 Å². The lowest BCUT2D eigenvalue weighted by Gasteiger charge is -2.10. The second-order valence-electron chi connectivity index (χ2n) is 4.79. The van der Waals surface area contributed by atoms with Gasteiger partial charge in [-0.1, -0.05) is 18.2 Å². The molecule has 0 aliphatic heterocycles. The topological polar surface area (TPSA) is 71.1 Å². The second kappa shape index (κ2) is 6.19. The maximum Gasteiger partial charge on any atom is 0.208 e. The van der Waals surface area contributed by atoms with Gasteiger partial charge in [0, 0.05) is 18.5 Å². The normalized spacial score (nSPS) is 11.7. The first-order valence-corrected chi connectivity index (χ1v) is 8.40. The van der Waals surface area contributed by atoms with Crippen molar-refractivity contribution in [1.82, 2.24) is 9.71 Å². The van der Waals surface area contributed by atoms with Gasteiger partial charge in [0.05, 0.1) is 11.8 Å². The van der Waals surface area contributed by atoms with Crippen molar-refractivity contribution in [2.75, 3.05) is 24.7 Å². The summed E-state index contributed by atoms with van der Waals surface area (Å²) in [6.07, 6.45) is 1.87. The number of aryl methyl sites for hydroxylation is 1. The van der Waals surface area contributed by atoms with E-state index >= 15 is 0 Å². The third kappa shape index (κ3) is 4.18. The number of benzene rings is 1. The molecule has 1 heterocycles. The van der Waals surface area contributed by atoms with Crippen molar-refractivity contribution in [2.45, 2.75) is 13.3 Å². The largest absolute Gasteiger partial charge is 0.370 e. The lowest BCUT2D eigenvalue weighted by molar-refractivity contribution is 0.586. The highest BCUT2D eigenvalue weighted by molar-refractivity contribution is 7.88. The Morgan fingerprint density at radius 3 is 2.70 bits per heavy atom. The Bertz CT molecular complexity index is 699. The molecule has 20 heavy (non-hydrogen) atoms. The molecule has 5 nitrogen and oxygen atoms in total. The van der Waals surface area contributed by atoms with Gasteiger partial charge in [0.25, 0.3) is 0 Å². The molecule has 2 aromatic rings. The number of rotatable bonds is 6. The number of nitrogens with zero attached hydrogens (tertiary/aromatic N) is 1. The maximum absolute atomic E-state index is 10.9. The van der Waals surface area contributed by atoms with Gasteiger partial charge in [-0.15, -0.1) is 0 Å². The van der Waals surface area contributed by atoms with Crippen molar-refractivity contribution in [3.63, 3.8) is 0 Å². The average molecular weight is 293 g/mol. The minimum Gasteiger partial charge on any atom is -0.370 e. The molecule has 6 heteroatoms.